The Balaban J connectivity index is 3.59. The Morgan fingerprint density at radius 3 is 2.11 bits per heavy atom. The fourth-order valence-electron chi connectivity index (χ4n) is 1.35. The molecule has 3 N–H and O–H groups in total. The summed E-state index contributed by atoms with van der Waals surface area (Å²) in [6, 6.07) is 0.669. The van der Waals surface area contributed by atoms with Crippen LogP contribution in [0.4, 0.5) is 0 Å². The van der Waals surface area contributed by atoms with Crippen LogP contribution in [0.3, 0.4) is 0 Å². The van der Waals surface area contributed by atoms with E-state index in [0.29, 0.717) is 19.1 Å². The molecular formula is C8H22NO7PSi. The van der Waals surface area contributed by atoms with Gasteiger partial charge >= 0.3 is 16.6 Å². The lowest BCUT2D eigenvalue weighted by molar-refractivity contribution is 0.123. The molecule has 0 aromatic carbocycles. The molecule has 0 bridgehead atoms. The van der Waals surface area contributed by atoms with E-state index in [1.165, 1.54) is 0 Å². The third-order valence-corrected chi connectivity index (χ3v) is 5.66. The smallest absolute Gasteiger partial charge is 0.377 e. The van der Waals surface area contributed by atoms with E-state index < -0.39 is 16.6 Å². The van der Waals surface area contributed by atoms with Crippen LogP contribution < -0.4 is 5.32 Å². The first-order chi connectivity index (χ1) is 8.39. The Labute approximate surface area is 108 Å². The van der Waals surface area contributed by atoms with Crippen molar-refractivity contribution in [2.45, 2.75) is 12.5 Å². The maximum Gasteiger partial charge on any atom is 0.500 e. The fraction of sp³-hybridized carbons (Fsp3) is 1.00. The highest BCUT2D eigenvalue weighted by atomic mass is 31.2. The Kier molecular flexibility index (Phi) is 9.22. The maximum atomic E-state index is 10.4. The Morgan fingerprint density at radius 1 is 1.11 bits per heavy atom. The largest absolute Gasteiger partial charge is 0.500 e. The van der Waals surface area contributed by atoms with Crippen LogP contribution in [0.25, 0.3) is 0 Å². The zero-order chi connectivity index (χ0) is 14.1. The molecule has 0 aromatic rings. The summed E-state index contributed by atoms with van der Waals surface area (Å²) in [5, 5.41) is 2.99. The Bertz CT molecular complexity index is 250. The van der Waals surface area contributed by atoms with Gasteiger partial charge in [0.05, 0.1) is 6.61 Å². The average Bonchev–Trinajstić information content (AvgIpc) is 2.32. The second-order valence-electron chi connectivity index (χ2n) is 3.47. The van der Waals surface area contributed by atoms with Gasteiger partial charge in [0.2, 0.25) is 0 Å². The van der Waals surface area contributed by atoms with Crippen molar-refractivity contribution in [1.82, 2.24) is 5.32 Å². The molecule has 0 saturated heterocycles. The topological polar surface area (TPSA) is 106 Å². The van der Waals surface area contributed by atoms with Crippen LogP contribution in [0, 0.1) is 0 Å². The number of phosphoric acid groups is 1. The van der Waals surface area contributed by atoms with Crippen LogP contribution >= 0.6 is 7.82 Å². The van der Waals surface area contributed by atoms with Crippen molar-refractivity contribution in [3.05, 3.63) is 0 Å². The van der Waals surface area contributed by atoms with Gasteiger partial charge < -0.3 is 28.4 Å². The van der Waals surface area contributed by atoms with E-state index in [0.717, 1.165) is 6.42 Å². The summed E-state index contributed by atoms with van der Waals surface area (Å²) >= 11 is 0. The van der Waals surface area contributed by atoms with Gasteiger partial charge in [-0.25, -0.2) is 4.57 Å². The zero-order valence-corrected chi connectivity index (χ0v) is 12.8. The molecule has 8 nitrogen and oxygen atoms in total. The Morgan fingerprint density at radius 2 is 1.67 bits per heavy atom. The average molecular weight is 303 g/mol. The molecule has 0 amide bonds. The molecule has 18 heavy (non-hydrogen) atoms. The van der Waals surface area contributed by atoms with Crippen LogP contribution in [0.15, 0.2) is 0 Å². The molecule has 0 aromatic heterocycles. The van der Waals surface area contributed by atoms with Crippen molar-refractivity contribution < 1.29 is 32.2 Å². The predicted octanol–water partition coefficient (Wildman–Crippen LogP) is -0.0465. The first-order valence-electron chi connectivity index (χ1n) is 5.45. The van der Waals surface area contributed by atoms with E-state index in [1.54, 1.807) is 21.3 Å². The minimum atomic E-state index is -4.36. The molecular weight excluding hydrogens is 281 g/mol. The van der Waals surface area contributed by atoms with Crippen LogP contribution in [0.2, 0.25) is 6.04 Å². The minimum Gasteiger partial charge on any atom is -0.377 e. The molecule has 0 saturated carbocycles. The van der Waals surface area contributed by atoms with Crippen LogP contribution in [-0.4, -0.2) is 59.6 Å². The van der Waals surface area contributed by atoms with Crippen molar-refractivity contribution in [2.24, 2.45) is 0 Å². The number of hydrogen-bond acceptors (Lipinski definition) is 6. The van der Waals surface area contributed by atoms with Crippen LogP contribution in [0.1, 0.15) is 6.42 Å². The fourth-order valence-corrected chi connectivity index (χ4v) is 3.40. The third kappa shape index (κ3) is 8.30. The molecule has 0 atom stereocenters. The molecule has 110 valence electrons. The highest BCUT2D eigenvalue weighted by Gasteiger charge is 2.36. The highest BCUT2D eigenvalue weighted by molar-refractivity contribution is 7.46. The van der Waals surface area contributed by atoms with Crippen LogP contribution in [-0.2, 0) is 22.4 Å². The summed E-state index contributed by atoms with van der Waals surface area (Å²) in [7, 11) is -2.20. The second-order valence-corrected chi connectivity index (χ2v) is 7.80. The lowest BCUT2D eigenvalue weighted by Crippen LogP contribution is -2.43. The van der Waals surface area contributed by atoms with Gasteiger partial charge in [0, 0.05) is 33.9 Å². The first-order valence-corrected chi connectivity index (χ1v) is 8.91. The van der Waals surface area contributed by atoms with Crippen molar-refractivity contribution in [3.63, 3.8) is 0 Å². The number of phosphoric ester groups is 1. The lowest BCUT2D eigenvalue weighted by atomic mass is 10.5. The quantitative estimate of drug-likeness (QED) is 0.277. The molecule has 10 heteroatoms. The normalized spacial score (nSPS) is 12.9. The van der Waals surface area contributed by atoms with Gasteiger partial charge in [0.1, 0.15) is 0 Å². The first kappa shape index (κ1) is 18.2. The van der Waals surface area contributed by atoms with E-state index in [2.05, 4.69) is 9.84 Å². The highest BCUT2D eigenvalue weighted by Crippen LogP contribution is 2.35. The molecule has 0 aliphatic heterocycles. The van der Waals surface area contributed by atoms with Gasteiger partial charge in [-0.15, -0.1) is 0 Å². The number of nitrogens with one attached hydrogen (secondary N) is 1. The van der Waals surface area contributed by atoms with E-state index in [-0.39, 0.29) is 6.61 Å². The van der Waals surface area contributed by atoms with Gasteiger partial charge in [0.15, 0.2) is 0 Å². The summed E-state index contributed by atoms with van der Waals surface area (Å²) in [4.78, 5) is 16.9. The number of rotatable bonds is 11. The van der Waals surface area contributed by atoms with Gasteiger partial charge in [-0.3, -0.25) is 4.52 Å². The molecule has 0 fully saturated rings. The maximum absolute atomic E-state index is 10.4. The standard InChI is InChI=1S/C8H22NO7PSi/c1-13-18(14-2,15-3)8-4-5-9-6-7-16-17(10,11)12/h9H,4-8H2,1-3H3,(H2,10,11,12). The molecule has 0 radical (unpaired) electrons. The van der Waals surface area contributed by atoms with Crippen molar-refractivity contribution in [2.75, 3.05) is 41.0 Å². The van der Waals surface area contributed by atoms with Crippen molar-refractivity contribution in [1.29, 1.82) is 0 Å². The van der Waals surface area contributed by atoms with E-state index in [4.69, 9.17) is 23.1 Å². The number of hydrogen-bond donors (Lipinski definition) is 3. The summed E-state index contributed by atoms with van der Waals surface area (Å²) in [5.41, 5.74) is 0. The lowest BCUT2D eigenvalue weighted by Gasteiger charge is -2.24. The van der Waals surface area contributed by atoms with Crippen molar-refractivity contribution >= 4 is 16.6 Å². The van der Waals surface area contributed by atoms with E-state index in [1.807, 2.05) is 0 Å². The zero-order valence-electron chi connectivity index (χ0n) is 10.9. The summed E-state index contributed by atoms with van der Waals surface area (Å²) in [5.74, 6) is 0. The second kappa shape index (κ2) is 9.13. The third-order valence-electron chi connectivity index (χ3n) is 2.31. The molecule has 0 unspecified atom stereocenters. The minimum absolute atomic E-state index is 0.0360. The summed E-state index contributed by atoms with van der Waals surface area (Å²) in [6.45, 7) is 0.994. The summed E-state index contributed by atoms with van der Waals surface area (Å²) < 4.78 is 30.4. The molecule has 0 heterocycles. The van der Waals surface area contributed by atoms with E-state index >= 15 is 0 Å². The van der Waals surface area contributed by atoms with Gasteiger partial charge in [-0.05, 0) is 13.0 Å². The Hall–Kier alpha value is 0.167. The van der Waals surface area contributed by atoms with Crippen molar-refractivity contribution in [3.8, 4) is 0 Å². The predicted molar refractivity (Wildman–Crippen MR) is 67.1 cm³/mol. The molecule has 0 spiro atoms. The van der Waals surface area contributed by atoms with E-state index in [9.17, 15) is 4.57 Å². The monoisotopic (exact) mass is 303 g/mol. The molecule has 0 aliphatic carbocycles. The van der Waals surface area contributed by atoms with Crippen LogP contribution in [0.5, 0.6) is 0 Å². The van der Waals surface area contributed by atoms with Gasteiger partial charge in [-0.1, -0.05) is 0 Å². The molecule has 0 aliphatic rings. The van der Waals surface area contributed by atoms with Gasteiger partial charge in [0.25, 0.3) is 0 Å². The summed E-state index contributed by atoms with van der Waals surface area (Å²) in [6.07, 6.45) is 0.775. The SMILES string of the molecule is CO[Si](CCCNCCOP(=O)(O)O)(OC)OC. The van der Waals surface area contributed by atoms with Gasteiger partial charge in [-0.2, -0.15) is 0 Å². The molecule has 0 rings (SSSR count).